The molecule has 0 aliphatic carbocycles. The molecule has 0 unspecified atom stereocenters. The molecule has 0 saturated heterocycles. The van der Waals surface area contributed by atoms with Crippen LogP contribution in [0.3, 0.4) is 0 Å². The summed E-state index contributed by atoms with van der Waals surface area (Å²) >= 11 is 6.27. The fraction of sp³-hybridized carbons (Fsp3) is 0.714. The number of carbonyl (C=O) groups excluding carboxylic acids is 2. The molecule has 76 valence electrons. The molecule has 0 fully saturated rings. The lowest BCUT2D eigenvalue weighted by atomic mass is 10.7. The molecule has 0 aliphatic rings. The lowest BCUT2D eigenvalue weighted by Crippen LogP contribution is -2.14. The highest BCUT2D eigenvalue weighted by molar-refractivity contribution is 8.13. The summed E-state index contributed by atoms with van der Waals surface area (Å²) in [5.41, 5.74) is 0. The van der Waals surface area contributed by atoms with E-state index in [4.69, 9.17) is 11.6 Å². The first-order valence-corrected chi connectivity index (χ1v) is 5.23. The summed E-state index contributed by atoms with van der Waals surface area (Å²) in [6.07, 6.45) is 0. The third kappa shape index (κ3) is 7.93. The smallest absolute Gasteiger partial charge is 0.367 e. The van der Waals surface area contributed by atoms with Gasteiger partial charge in [-0.15, -0.1) is 11.6 Å². The number of alkyl halides is 1. The van der Waals surface area contributed by atoms with E-state index in [1.807, 2.05) is 0 Å². The highest BCUT2D eigenvalue weighted by Gasteiger charge is 2.07. The van der Waals surface area contributed by atoms with Crippen LogP contribution in [0.25, 0.3) is 0 Å². The Balaban J connectivity index is 3.40. The van der Waals surface area contributed by atoms with Crippen LogP contribution in [0.1, 0.15) is 6.92 Å². The van der Waals surface area contributed by atoms with Crippen molar-refractivity contribution in [3.05, 3.63) is 0 Å². The largest absolute Gasteiger partial charge is 0.463 e. The molecule has 0 aliphatic heterocycles. The Morgan fingerprint density at radius 1 is 1.38 bits per heavy atom. The molecule has 0 aromatic rings. The van der Waals surface area contributed by atoms with Crippen molar-refractivity contribution in [2.75, 3.05) is 24.8 Å². The number of esters is 1. The van der Waals surface area contributed by atoms with Crippen LogP contribution < -0.4 is 0 Å². The first-order valence-electron chi connectivity index (χ1n) is 3.71. The maximum Gasteiger partial charge on any atom is 0.367 e. The van der Waals surface area contributed by atoms with Gasteiger partial charge in [0.15, 0.2) is 6.61 Å². The van der Waals surface area contributed by atoms with E-state index in [1.54, 1.807) is 6.92 Å². The summed E-state index contributed by atoms with van der Waals surface area (Å²) in [6, 6.07) is 0. The summed E-state index contributed by atoms with van der Waals surface area (Å²) in [5, 5.41) is -0.506. The maximum atomic E-state index is 10.8. The minimum absolute atomic E-state index is 0.283. The number of carbonyl (C=O) groups is 2. The van der Waals surface area contributed by atoms with Gasteiger partial charge in [-0.25, -0.2) is 9.59 Å². The molecular formula is C7H11ClO4S. The minimum Gasteiger partial charge on any atom is -0.463 e. The van der Waals surface area contributed by atoms with Gasteiger partial charge < -0.3 is 9.47 Å². The Morgan fingerprint density at radius 2 is 2.08 bits per heavy atom. The van der Waals surface area contributed by atoms with Crippen molar-refractivity contribution in [3.8, 4) is 0 Å². The highest BCUT2D eigenvalue weighted by atomic mass is 35.5. The predicted molar refractivity (Wildman–Crippen MR) is 51.2 cm³/mol. The highest BCUT2D eigenvalue weighted by Crippen LogP contribution is 2.05. The van der Waals surface area contributed by atoms with E-state index >= 15 is 0 Å². The third-order valence-electron chi connectivity index (χ3n) is 0.910. The van der Waals surface area contributed by atoms with Gasteiger partial charge in [-0.1, -0.05) is 0 Å². The van der Waals surface area contributed by atoms with Crippen LogP contribution in [0.5, 0.6) is 0 Å². The fourth-order valence-corrected chi connectivity index (χ4v) is 1.10. The van der Waals surface area contributed by atoms with E-state index in [-0.39, 0.29) is 13.2 Å². The zero-order valence-corrected chi connectivity index (χ0v) is 8.82. The van der Waals surface area contributed by atoms with E-state index in [2.05, 4.69) is 9.47 Å². The predicted octanol–water partition coefficient (Wildman–Crippen LogP) is 1.66. The molecule has 0 aromatic heterocycles. The third-order valence-corrected chi connectivity index (χ3v) is 2.09. The molecule has 13 heavy (non-hydrogen) atoms. The zero-order valence-electron chi connectivity index (χ0n) is 7.25. The van der Waals surface area contributed by atoms with Crippen LogP contribution >= 0.6 is 23.4 Å². The SMILES string of the molecule is CCOC(=O)COC(=O)SCCCl. The first kappa shape index (κ1) is 12.6. The van der Waals surface area contributed by atoms with Crippen molar-refractivity contribution in [2.24, 2.45) is 0 Å². The van der Waals surface area contributed by atoms with Gasteiger partial charge >= 0.3 is 11.3 Å². The molecule has 4 nitrogen and oxygen atoms in total. The Morgan fingerprint density at radius 3 is 2.62 bits per heavy atom. The standard InChI is InChI=1S/C7H11ClO4S/c1-2-11-6(9)5-12-7(10)13-4-3-8/h2-5H2,1H3. The summed E-state index contributed by atoms with van der Waals surface area (Å²) in [5.74, 6) is 0.310. The van der Waals surface area contributed by atoms with Crippen LogP contribution in [0.15, 0.2) is 0 Å². The van der Waals surface area contributed by atoms with Crippen molar-refractivity contribution in [1.82, 2.24) is 0 Å². The molecule has 0 heterocycles. The van der Waals surface area contributed by atoms with Crippen LogP contribution in [-0.4, -0.2) is 36.1 Å². The normalized spacial score (nSPS) is 9.38. The van der Waals surface area contributed by atoms with E-state index in [0.717, 1.165) is 11.8 Å². The average Bonchev–Trinajstić information content (AvgIpc) is 2.12. The van der Waals surface area contributed by atoms with Crippen molar-refractivity contribution < 1.29 is 19.1 Å². The van der Waals surface area contributed by atoms with Gasteiger partial charge in [0.25, 0.3) is 0 Å². The summed E-state index contributed by atoms with van der Waals surface area (Å²) in [4.78, 5) is 21.5. The van der Waals surface area contributed by atoms with Gasteiger partial charge in [0.2, 0.25) is 0 Å². The Kier molecular flexibility index (Phi) is 7.93. The Labute approximate surface area is 85.9 Å². The molecule has 0 radical (unpaired) electrons. The number of halogens is 1. The number of hydrogen-bond donors (Lipinski definition) is 0. The van der Waals surface area contributed by atoms with Gasteiger partial charge in [0.05, 0.1) is 6.61 Å². The molecule has 0 amide bonds. The van der Waals surface area contributed by atoms with Gasteiger partial charge in [-0.05, 0) is 18.7 Å². The number of ether oxygens (including phenoxy) is 2. The molecule has 0 saturated carbocycles. The van der Waals surface area contributed by atoms with Crippen molar-refractivity contribution >= 4 is 34.6 Å². The topological polar surface area (TPSA) is 52.6 Å². The monoisotopic (exact) mass is 226 g/mol. The van der Waals surface area contributed by atoms with Gasteiger partial charge in [0.1, 0.15) is 0 Å². The lowest BCUT2D eigenvalue weighted by molar-refractivity contribution is -0.146. The first-order chi connectivity index (χ1) is 6.20. The minimum atomic E-state index is -0.540. The second-order valence-corrected chi connectivity index (χ2v) is 3.29. The summed E-state index contributed by atoms with van der Waals surface area (Å²) < 4.78 is 9.09. The van der Waals surface area contributed by atoms with Crippen LogP contribution in [0.4, 0.5) is 4.79 Å². The van der Waals surface area contributed by atoms with Crippen molar-refractivity contribution in [2.45, 2.75) is 6.92 Å². The number of hydrogen-bond acceptors (Lipinski definition) is 5. The Hall–Kier alpha value is -0.420. The second kappa shape index (κ2) is 8.19. The summed E-state index contributed by atoms with van der Waals surface area (Å²) in [7, 11) is 0. The van der Waals surface area contributed by atoms with Crippen LogP contribution in [-0.2, 0) is 14.3 Å². The quantitative estimate of drug-likeness (QED) is 0.527. The second-order valence-electron chi connectivity index (χ2n) is 1.88. The van der Waals surface area contributed by atoms with Gasteiger partial charge in [0, 0.05) is 11.6 Å². The zero-order chi connectivity index (χ0) is 10.1. The lowest BCUT2D eigenvalue weighted by Gasteiger charge is -2.02. The van der Waals surface area contributed by atoms with Crippen LogP contribution in [0.2, 0.25) is 0 Å². The van der Waals surface area contributed by atoms with E-state index in [9.17, 15) is 9.59 Å². The Bertz CT molecular complexity index is 174. The number of rotatable bonds is 5. The van der Waals surface area contributed by atoms with Gasteiger partial charge in [-0.2, -0.15) is 0 Å². The van der Waals surface area contributed by atoms with Gasteiger partial charge in [-0.3, -0.25) is 0 Å². The van der Waals surface area contributed by atoms with Crippen molar-refractivity contribution in [3.63, 3.8) is 0 Å². The average molecular weight is 227 g/mol. The molecule has 6 heteroatoms. The van der Waals surface area contributed by atoms with E-state index in [0.29, 0.717) is 11.6 Å². The van der Waals surface area contributed by atoms with Crippen LogP contribution in [0, 0.1) is 0 Å². The van der Waals surface area contributed by atoms with E-state index < -0.39 is 11.3 Å². The molecule has 0 spiro atoms. The van der Waals surface area contributed by atoms with Crippen molar-refractivity contribution in [1.29, 1.82) is 0 Å². The number of thioether (sulfide) groups is 1. The molecule has 0 N–H and O–H groups in total. The molecule has 0 rings (SSSR count). The molecular weight excluding hydrogens is 216 g/mol. The molecule has 0 aromatic carbocycles. The maximum absolute atomic E-state index is 10.8. The molecule has 0 bridgehead atoms. The summed E-state index contributed by atoms with van der Waals surface area (Å²) in [6.45, 7) is 1.63. The molecule has 0 atom stereocenters. The van der Waals surface area contributed by atoms with E-state index in [1.165, 1.54) is 0 Å². The fourth-order valence-electron chi connectivity index (χ4n) is 0.484.